The summed E-state index contributed by atoms with van der Waals surface area (Å²) < 4.78 is 32.8. The van der Waals surface area contributed by atoms with E-state index in [9.17, 15) is 8.42 Å². The fourth-order valence-corrected chi connectivity index (χ4v) is 5.51. The first-order valence-electron chi connectivity index (χ1n) is 6.39. The lowest BCUT2D eigenvalue weighted by Gasteiger charge is -2.30. The largest absolute Gasteiger partial charge is 0.465 e. The maximum Gasteiger partial charge on any atom is 0.247 e. The number of aryl methyl sites for hydroxylation is 2. The molecule has 1 saturated heterocycles. The number of furan rings is 1. The van der Waals surface area contributed by atoms with Crippen molar-refractivity contribution in [3.8, 4) is 0 Å². The van der Waals surface area contributed by atoms with Crippen molar-refractivity contribution in [2.24, 2.45) is 0 Å². The van der Waals surface area contributed by atoms with Crippen LogP contribution in [0.4, 0.5) is 0 Å². The van der Waals surface area contributed by atoms with Crippen molar-refractivity contribution < 1.29 is 12.8 Å². The van der Waals surface area contributed by atoms with Crippen LogP contribution in [0.1, 0.15) is 43.8 Å². The molecule has 0 spiro atoms. The summed E-state index contributed by atoms with van der Waals surface area (Å²) in [7, 11) is -3.54. The molecule has 6 heteroatoms. The minimum atomic E-state index is -3.54. The summed E-state index contributed by atoms with van der Waals surface area (Å²) in [6, 6.07) is 0. The van der Waals surface area contributed by atoms with Gasteiger partial charge in [0.25, 0.3) is 0 Å². The standard InChI is InChI=1S/C13H20ClNO3S/c1-9-11(8-14)12(10(2)18-9)19(16,17)15-7-5-6-13(15,3)4/h5-8H2,1-4H3. The third-order valence-electron chi connectivity index (χ3n) is 3.83. The van der Waals surface area contributed by atoms with Crippen LogP contribution >= 0.6 is 11.6 Å². The molecular weight excluding hydrogens is 286 g/mol. The van der Waals surface area contributed by atoms with Crippen molar-refractivity contribution in [3.63, 3.8) is 0 Å². The molecule has 0 unspecified atom stereocenters. The van der Waals surface area contributed by atoms with Gasteiger partial charge in [0.15, 0.2) is 0 Å². The second-order valence-corrected chi connectivity index (χ2v) is 7.72. The molecule has 1 fully saturated rings. The summed E-state index contributed by atoms with van der Waals surface area (Å²) in [4.78, 5) is 0.259. The van der Waals surface area contributed by atoms with Crippen molar-refractivity contribution in [2.75, 3.05) is 6.54 Å². The molecule has 1 aromatic rings. The van der Waals surface area contributed by atoms with E-state index < -0.39 is 10.0 Å². The highest BCUT2D eigenvalue weighted by atomic mass is 35.5. The van der Waals surface area contributed by atoms with Crippen LogP contribution in [0, 0.1) is 13.8 Å². The lowest BCUT2D eigenvalue weighted by molar-refractivity contribution is 0.291. The van der Waals surface area contributed by atoms with Gasteiger partial charge >= 0.3 is 0 Å². The summed E-state index contributed by atoms with van der Waals surface area (Å²) >= 11 is 5.89. The minimum absolute atomic E-state index is 0.145. The predicted molar refractivity (Wildman–Crippen MR) is 74.9 cm³/mol. The number of sulfonamides is 1. The van der Waals surface area contributed by atoms with Crippen LogP contribution in [0.15, 0.2) is 9.31 Å². The van der Waals surface area contributed by atoms with E-state index in [0.717, 1.165) is 12.8 Å². The van der Waals surface area contributed by atoms with Crippen LogP contribution in [0.3, 0.4) is 0 Å². The highest BCUT2D eigenvalue weighted by Crippen LogP contribution is 2.37. The Morgan fingerprint density at radius 1 is 1.32 bits per heavy atom. The van der Waals surface area contributed by atoms with E-state index in [0.29, 0.717) is 23.6 Å². The van der Waals surface area contributed by atoms with E-state index in [-0.39, 0.29) is 16.3 Å². The van der Waals surface area contributed by atoms with Gasteiger partial charge in [0.05, 0.1) is 5.88 Å². The van der Waals surface area contributed by atoms with E-state index in [1.165, 1.54) is 0 Å². The van der Waals surface area contributed by atoms with Gasteiger partial charge in [0, 0.05) is 17.6 Å². The third-order valence-corrected chi connectivity index (χ3v) is 6.41. The van der Waals surface area contributed by atoms with Gasteiger partial charge < -0.3 is 4.42 Å². The molecule has 0 amide bonds. The first-order valence-corrected chi connectivity index (χ1v) is 8.37. The molecule has 0 aromatic carbocycles. The molecular formula is C13H20ClNO3S. The monoisotopic (exact) mass is 305 g/mol. The van der Waals surface area contributed by atoms with E-state index in [1.807, 2.05) is 13.8 Å². The molecule has 2 rings (SSSR count). The number of halogens is 1. The van der Waals surface area contributed by atoms with Crippen molar-refractivity contribution in [1.29, 1.82) is 0 Å². The molecule has 1 aliphatic rings. The van der Waals surface area contributed by atoms with Crippen LogP contribution in [0.5, 0.6) is 0 Å². The van der Waals surface area contributed by atoms with Gasteiger partial charge in [0.2, 0.25) is 10.0 Å². The van der Waals surface area contributed by atoms with Gasteiger partial charge in [-0.15, -0.1) is 11.6 Å². The van der Waals surface area contributed by atoms with Crippen LogP contribution in [-0.2, 0) is 15.9 Å². The maximum atomic E-state index is 12.9. The van der Waals surface area contributed by atoms with E-state index in [4.69, 9.17) is 16.0 Å². The molecule has 0 aliphatic carbocycles. The molecule has 19 heavy (non-hydrogen) atoms. The van der Waals surface area contributed by atoms with Crippen molar-refractivity contribution in [2.45, 2.75) is 56.9 Å². The Bertz CT molecular complexity index is 589. The zero-order valence-electron chi connectivity index (χ0n) is 11.8. The van der Waals surface area contributed by atoms with Crippen molar-refractivity contribution >= 4 is 21.6 Å². The predicted octanol–water partition coefficient (Wildman–Crippen LogP) is 3.20. The lowest BCUT2D eigenvalue weighted by Crippen LogP contribution is -2.42. The van der Waals surface area contributed by atoms with Crippen LogP contribution in [0.2, 0.25) is 0 Å². The Kier molecular flexibility index (Phi) is 3.75. The highest BCUT2D eigenvalue weighted by molar-refractivity contribution is 7.89. The summed E-state index contributed by atoms with van der Waals surface area (Å²) in [5, 5.41) is 0. The summed E-state index contributed by atoms with van der Waals surface area (Å²) in [5.41, 5.74) is 0.238. The molecule has 2 heterocycles. The molecule has 0 bridgehead atoms. The number of hydrogen-bond acceptors (Lipinski definition) is 3. The van der Waals surface area contributed by atoms with Gasteiger partial charge in [-0.05, 0) is 40.5 Å². The SMILES string of the molecule is Cc1oc(C)c(S(=O)(=O)N2CCCC2(C)C)c1CCl. The maximum absolute atomic E-state index is 12.9. The second-order valence-electron chi connectivity index (χ2n) is 5.65. The molecule has 0 radical (unpaired) electrons. The second kappa shape index (κ2) is 4.79. The van der Waals surface area contributed by atoms with E-state index in [2.05, 4.69) is 0 Å². The topological polar surface area (TPSA) is 50.5 Å². The Morgan fingerprint density at radius 3 is 2.42 bits per heavy atom. The first kappa shape index (κ1) is 14.9. The Balaban J connectivity index is 2.58. The average molecular weight is 306 g/mol. The number of rotatable bonds is 3. The smallest absolute Gasteiger partial charge is 0.247 e. The number of alkyl halides is 1. The van der Waals surface area contributed by atoms with Crippen molar-refractivity contribution in [3.05, 3.63) is 17.1 Å². The van der Waals surface area contributed by atoms with Gasteiger partial charge in [-0.1, -0.05) is 0 Å². The minimum Gasteiger partial charge on any atom is -0.465 e. The van der Waals surface area contributed by atoms with Crippen LogP contribution in [-0.4, -0.2) is 24.8 Å². The number of hydrogen-bond donors (Lipinski definition) is 0. The third kappa shape index (κ3) is 2.32. The van der Waals surface area contributed by atoms with E-state index in [1.54, 1.807) is 18.2 Å². The molecule has 108 valence electrons. The molecule has 4 nitrogen and oxygen atoms in total. The van der Waals surface area contributed by atoms with E-state index >= 15 is 0 Å². The van der Waals surface area contributed by atoms with Gasteiger partial charge in [-0.3, -0.25) is 0 Å². The van der Waals surface area contributed by atoms with Gasteiger partial charge in [-0.2, -0.15) is 4.31 Å². The zero-order valence-corrected chi connectivity index (χ0v) is 13.4. The summed E-state index contributed by atoms with van der Waals surface area (Å²) in [6.45, 7) is 7.90. The highest BCUT2D eigenvalue weighted by Gasteiger charge is 2.43. The fraction of sp³-hybridized carbons (Fsp3) is 0.692. The quantitative estimate of drug-likeness (QED) is 0.806. The Hall–Kier alpha value is -0.520. The first-order chi connectivity index (χ1) is 8.71. The summed E-state index contributed by atoms with van der Waals surface area (Å²) in [5.74, 6) is 1.16. The van der Waals surface area contributed by atoms with Gasteiger partial charge in [-0.25, -0.2) is 8.42 Å². The fourth-order valence-electron chi connectivity index (χ4n) is 2.84. The lowest BCUT2D eigenvalue weighted by atomic mass is 10.0. The normalized spacial score (nSPS) is 20.1. The van der Waals surface area contributed by atoms with Crippen LogP contribution < -0.4 is 0 Å². The Morgan fingerprint density at radius 2 is 1.95 bits per heavy atom. The molecule has 0 N–H and O–H groups in total. The Labute approximate surface area is 119 Å². The average Bonchev–Trinajstić information content (AvgIpc) is 2.78. The molecule has 0 saturated carbocycles. The molecule has 1 aliphatic heterocycles. The summed E-state index contributed by atoms with van der Waals surface area (Å²) in [6.07, 6.45) is 1.76. The van der Waals surface area contributed by atoms with Crippen molar-refractivity contribution in [1.82, 2.24) is 4.31 Å². The number of nitrogens with zero attached hydrogens (tertiary/aromatic N) is 1. The van der Waals surface area contributed by atoms with Crippen LogP contribution in [0.25, 0.3) is 0 Å². The zero-order chi connectivity index (χ0) is 14.4. The van der Waals surface area contributed by atoms with Gasteiger partial charge in [0.1, 0.15) is 16.4 Å². The molecule has 0 atom stereocenters. The molecule has 1 aromatic heterocycles.